The first kappa shape index (κ1) is 63.4. The lowest BCUT2D eigenvalue weighted by atomic mass is 10.00. The lowest BCUT2D eigenvalue weighted by molar-refractivity contribution is -0.167. The van der Waals surface area contributed by atoms with Gasteiger partial charge in [0, 0.05) is 19.3 Å². The number of carbonyl (C=O) groups excluding carboxylic acids is 3. The van der Waals surface area contributed by atoms with Gasteiger partial charge in [0.15, 0.2) is 6.10 Å². The summed E-state index contributed by atoms with van der Waals surface area (Å²) in [6, 6.07) is 0. The summed E-state index contributed by atoms with van der Waals surface area (Å²) in [7, 11) is 0. The van der Waals surface area contributed by atoms with Crippen molar-refractivity contribution in [2.45, 2.75) is 336 Å². The maximum atomic E-state index is 12.8. The third-order valence-electron chi connectivity index (χ3n) is 13.8. The van der Waals surface area contributed by atoms with Crippen LogP contribution in [0.5, 0.6) is 0 Å². The molecule has 0 aliphatic heterocycles. The molecular formula is C59H114O6. The highest BCUT2D eigenvalue weighted by Crippen LogP contribution is 2.19. The summed E-state index contributed by atoms with van der Waals surface area (Å²) in [5, 5.41) is 0. The molecule has 0 aliphatic carbocycles. The smallest absolute Gasteiger partial charge is 0.306 e. The number of esters is 3. The molecule has 0 saturated carbocycles. The summed E-state index contributed by atoms with van der Waals surface area (Å²) in [6.45, 7) is 11.4. The van der Waals surface area contributed by atoms with Crippen LogP contribution in [0.1, 0.15) is 330 Å². The maximum Gasteiger partial charge on any atom is 0.306 e. The number of carbonyl (C=O) groups is 3. The molecule has 0 saturated heterocycles. The zero-order chi connectivity index (χ0) is 47.5. The Labute approximate surface area is 406 Å². The van der Waals surface area contributed by atoms with Gasteiger partial charge in [-0.3, -0.25) is 14.4 Å². The van der Waals surface area contributed by atoms with Crippen LogP contribution in [-0.2, 0) is 28.6 Å². The molecule has 0 aliphatic rings. The van der Waals surface area contributed by atoms with E-state index in [0.717, 1.165) is 69.6 Å². The Morgan fingerprint density at radius 3 is 0.877 bits per heavy atom. The van der Waals surface area contributed by atoms with E-state index in [2.05, 4.69) is 34.6 Å². The van der Waals surface area contributed by atoms with E-state index in [4.69, 9.17) is 14.2 Å². The molecule has 0 aromatic carbocycles. The van der Waals surface area contributed by atoms with Crippen LogP contribution in [0.4, 0.5) is 0 Å². The summed E-state index contributed by atoms with van der Waals surface area (Å²) in [4.78, 5) is 38.1. The Kier molecular flexibility index (Phi) is 50.5. The predicted octanol–water partition coefficient (Wildman–Crippen LogP) is 19.3. The topological polar surface area (TPSA) is 78.9 Å². The van der Waals surface area contributed by atoms with Crippen molar-refractivity contribution in [1.29, 1.82) is 0 Å². The molecule has 6 nitrogen and oxygen atoms in total. The summed E-state index contributed by atoms with van der Waals surface area (Å²) in [5.74, 6) is 0.826. The van der Waals surface area contributed by atoms with Crippen LogP contribution in [0.25, 0.3) is 0 Å². The molecular weight excluding hydrogens is 805 g/mol. The largest absolute Gasteiger partial charge is 0.462 e. The van der Waals surface area contributed by atoms with Crippen molar-refractivity contribution in [2.24, 2.45) is 11.8 Å². The second-order valence-electron chi connectivity index (χ2n) is 21.0. The van der Waals surface area contributed by atoms with Gasteiger partial charge in [-0.15, -0.1) is 0 Å². The molecule has 0 aromatic heterocycles. The molecule has 0 rings (SSSR count). The first-order valence-corrected chi connectivity index (χ1v) is 29.3. The third-order valence-corrected chi connectivity index (χ3v) is 13.8. The minimum atomic E-state index is -0.763. The first-order chi connectivity index (χ1) is 31.8. The van der Waals surface area contributed by atoms with Gasteiger partial charge in [-0.25, -0.2) is 0 Å². The first-order valence-electron chi connectivity index (χ1n) is 29.3. The maximum absolute atomic E-state index is 12.8. The number of unbranched alkanes of at least 4 members (excludes halogenated alkanes) is 37. The third kappa shape index (κ3) is 51.6. The van der Waals surface area contributed by atoms with E-state index < -0.39 is 6.10 Å². The molecule has 0 fully saturated rings. The molecule has 0 radical (unpaired) electrons. The molecule has 0 bridgehead atoms. The fourth-order valence-electron chi connectivity index (χ4n) is 9.02. The predicted molar refractivity (Wildman–Crippen MR) is 280 cm³/mol. The second-order valence-corrected chi connectivity index (χ2v) is 21.0. The van der Waals surface area contributed by atoms with Crippen LogP contribution in [0.2, 0.25) is 0 Å². The van der Waals surface area contributed by atoms with Crippen molar-refractivity contribution in [2.75, 3.05) is 13.2 Å². The van der Waals surface area contributed by atoms with Gasteiger partial charge in [0.05, 0.1) is 0 Å². The fraction of sp³-hybridized carbons (Fsp3) is 0.949. The van der Waals surface area contributed by atoms with Gasteiger partial charge in [-0.1, -0.05) is 291 Å². The van der Waals surface area contributed by atoms with Gasteiger partial charge >= 0.3 is 17.9 Å². The Morgan fingerprint density at radius 1 is 0.323 bits per heavy atom. The van der Waals surface area contributed by atoms with E-state index in [1.807, 2.05) is 0 Å². The van der Waals surface area contributed by atoms with Crippen LogP contribution in [0.15, 0.2) is 0 Å². The van der Waals surface area contributed by atoms with Gasteiger partial charge < -0.3 is 14.2 Å². The van der Waals surface area contributed by atoms with E-state index in [-0.39, 0.29) is 31.1 Å². The normalized spacial score (nSPS) is 12.5. The summed E-state index contributed by atoms with van der Waals surface area (Å²) in [6.07, 6.45) is 55.3. The zero-order valence-electron chi connectivity index (χ0n) is 44.6. The monoisotopic (exact) mass is 919 g/mol. The highest BCUT2D eigenvalue weighted by Gasteiger charge is 2.19. The van der Waals surface area contributed by atoms with Gasteiger partial charge in [0.25, 0.3) is 0 Å². The van der Waals surface area contributed by atoms with Gasteiger partial charge in [0.1, 0.15) is 13.2 Å². The average Bonchev–Trinajstić information content (AvgIpc) is 3.29. The van der Waals surface area contributed by atoms with Crippen LogP contribution in [0, 0.1) is 11.8 Å². The average molecular weight is 920 g/mol. The Hall–Kier alpha value is -1.59. The van der Waals surface area contributed by atoms with Crippen molar-refractivity contribution in [3.05, 3.63) is 0 Å². The van der Waals surface area contributed by atoms with Crippen LogP contribution >= 0.6 is 0 Å². The van der Waals surface area contributed by atoms with E-state index in [1.165, 1.54) is 218 Å². The lowest BCUT2D eigenvalue weighted by Crippen LogP contribution is -2.30. The summed E-state index contributed by atoms with van der Waals surface area (Å²) in [5.41, 5.74) is 0. The fourth-order valence-corrected chi connectivity index (χ4v) is 9.02. The van der Waals surface area contributed by atoms with Crippen LogP contribution in [-0.4, -0.2) is 37.2 Å². The summed E-state index contributed by atoms with van der Waals surface area (Å²) < 4.78 is 16.9. The quantitative estimate of drug-likeness (QED) is 0.0344. The van der Waals surface area contributed by atoms with Gasteiger partial charge in [0.2, 0.25) is 0 Å². The molecule has 1 unspecified atom stereocenters. The van der Waals surface area contributed by atoms with E-state index in [9.17, 15) is 14.4 Å². The van der Waals surface area contributed by atoms with Crippen molar-refractivity contribution in [1.82, 2.24) is 0 Å². The van der Waals surface area contributed by atoms with E-state index in [1.54, 1.807) is 0 Å². The van der Waals surface area contributed by atoms with Crippen molar-refractivity contribution < 1.29 is 28.6 Å². The molecule has 0 spiro atoms. The highest BCUT2D eigenvalue weighted by molar-refractivity contribution is 5.71. The van der Waals surface area contributed by atoms with Crippen molar-refractivity contribution in [3.63, 3.8) is 0 Å². The standard InChI is InChI=1S/C59H114O6/c1-6-8-9-10-11-12-13-14-15-21-24-27-30-33-39-44-49-57(60)63-52-56(65-59(62)51-46-41-36-35-38-43-48-55(5)7-2)53-64-58(61)50-45-40-34-31-28-25-22-19-17-16-18-20-23-26-29-32-37-42-47-54(3)4/h54-56H,6-53H2,1-5H3/t55?,56-/m1/s1. The lowest BCUT2D eigenvalue weighted by Gasteiger charge is -2.18. The molecule has 0 heterocycles. The molecule has 0 aromatic rings. The Bertz CT molecular complexity index is 995. The number of hydrogen-bond acceptors (Lipinski definition) is 6. The SMILES string of the molecule is CCCCCCCCCCCCCCCCCCC(=O)OC[C@H](COC(=O)CCCCCCCCCCCCCCCCCCCCC(C)C)OC(=O)CCCCCCCCC(C)CC. The molecule has 6 heteroatoms. The number of hydrogen-bond donors (Lipinski definition) is 0. The Balaban J connectivity index is 4.19. The van der Waals surface area contributed by atoms with Gasteiger partial charge in [-0.05, 0) is 31.1 Å². The second kappa shape index (κ2) is 51.8. The minimum absolute atomic E-state index is 0.0637. The van der Waals surface area contributed by atoms with Crippen LogP contribution < -0.4 is 0 Å². The van der Waals surface area contributed by atoms with E-state index >= 15 is 0 Å². The number of ether oxygens (including phenoxy) is 3. The number of rotatable bonds is 53. The minimum Gasteiger partial charge on any atom is -0.462 e. The van der Waals surface area contributed by atoms with Gasteiger partial charge in [-0.2, -0.15) is 0 Å². The van der Waals surface area contributed by atoms with Crippen molar-refractivity contribution >= 4 is 17.9 Å². The van der Waals surface area contributed by atoms with Crippen molar-refractivity contribution in [3.8, 4) is 0 Å². The van der Waals surface area contributed by atoms with Crippen LogP contribution in [0.3, 0.4) is 0 Å². The molecule has 386 valence electrons. The summed E-state index contributed by atoms with van der Waals surface area (Å²) >= 11 is 0. The zero-order valence-corrected chi connectivity index (χ0v) is 44.6. The molecule has 2 atom stereocenters. The molecule has 65 heavy (non-hydrogen) atoms. The molecule has 0 amide bonds. The molecule has 0 N–H and O–H groups in total. The Morgan fingerprint density at radius 2 is 0.585 bits per heavy atom. The van der Waals surface area contributed by atoms with E-state index in [0.29, 0.717) is 19.3 Å². The highest BCUT2D eigenvalue weighted by atomic mass is 16.6.